The van der Waals surface area contributed by atoms with Gasteiger partial charge in [0.05, 0.1) is 5.69 Å². The van der Waals surface area contributed by atoms with Crippen molar-refractivity contribution in [2.45, 2.75) is 6.92 Å². The van der Waals surface area contributed by atoms with Gasteiger partial charge in [0.2, 0.25) is 0 Å². The first-order valence-electron chi connectivity index (χ1n) is 8.02. The predicted molar refractivity (Wildman–Crippen MR) is 93.6 cm³/mol. The number of ketones is 1. The summed E-state index contributed by atoms with van der Waals surface area (Å²) in [4.78, 5) is 30.6. The van der Waals surface area contributed by atoms with Crippen LogP contribution in [-0.4, -0.2) is 42.9 Å². The number of benzene rings is 1. The zero-order valence-corrected chi connectivity index (χ0v) is 13.9. The first-order valence-corrected chi connectivity index (χ1v) is 8.02. The van der Waals surface area contributed by atoms with Gasteiger partial charge in [-0.1, -0.05) is 0 Å². The molecule has 1 saturated heterocycles. The first-order chi connectivity index (χ1) is 12.0. The molecule has 0 unspecified atom stereocenters. The SMILES string of the molecule is CC(=O)c1ccc(N2CCN(c3ccnc(C(N)=O)c3)CC2)c(F)c1. The molecule has 0 bridgehead atoms. The molecule has 0 aliphatic carbocycles. The Morgan fingerprint density at radius 1 is 1.08 bits per heavy atom. The molecule has 0 radical (unpaired) electrons. The number of amides is 1. The zero-order chi connectivity index (χ0) is 18.0. The maximum atomic E-state index is 14.3. The van der Waals surface area contributed by atoms with Gasteiger partial charge in [-0.3, -0.25) is 14.6 Å². The average Bonchev–Trinajstić information content (AvgIpc) is 2.62. The molecule has 6 nitrogen and oxygen atoms in total. The summed E-state index contributed by atoms with van der Waals surface area (Å²) in [5.74, 6) is -1.10. The van der Waals surface area contributed by atoms with Crippen LogP contribution in [0.1, 0.15) is 27.8 Å². The Kier molecular flexibility index (Phi) is 4.65. The molecule has 2 heterocycles. The topological polar surface area (TPSA) is 79.5 Å². The summed E-state index contributed by atoms with van der Waals surface area (Å²) in [5, 5.41) is 0. The summed E-state index contributed by atoms with van der Waals surface area (Å²) >= 11 is 0. The number of nitrogens with two attached hydrogens (primary N) is 1. The van der Waals surface area contributed by atoms with Crippen LogP contribution >= 0.6 is 0 Å². The van der Waals surface area contributed by atoms with E-state index in [1.807, 2.05) is 11.0 Å². The number of hydrogen-bond donors (Lipinski definition) is 1. The fourth-order valence-corrected chi connectivity index (χ4v) is 2.94. The number of primary amides is 1. The molecule has 2 N–H and O–H groups in total. The molecule has 2 aromatic rings. The summed E-state index contributed by atoms with van der Waals surface area (Å²) in [6.07, 6.45) is 1.56. The van der Waals surface area contributed by atoms with Gasteiger partial charge in [0.15, 0.2) is 5.78 Å². The van der Waals surface area contributed by atoms with Crippen molar-refractivity contribution in [1.29, 1.82) is 0 Å². The highest BCUT2D eigenvalue weighted by Crippen LogP contribution is 2.24. The minimum atomic E-state index is -0.562. The number of piperazine rings is 1. The third-order valence-corrected chi connectivity index (χ3v) is 4.34. The zero-order valence-electron chi connectivity index (χ0n) is 13.9. The number of nitrogens with zero attached hydrogens (tertiary/aromatic N) is 3. The smallest absolute Gasteiger partial charge is 0.267 e. The summed E-state index contributed by atoms with van der Waals surface area (Å²) in [7, 11) is 0. The number of pyridine rings is 1. The number of anilines is 2. The van der Waals surface area contributed by atoms with Crippen LogP contribution in [0.15, 0.2) is 36.5 Å². The van der Waals surface area contributed by atoms with Gasteiger partial charge in [-0.15, -0.1) is 0 Å². The van der Waals surface area contributed by atoms with Gasteiger partial charge in [0.1, 0.15) is 11.5 Å². The lowest BCUT2D eigenvalue weighted by molar-refractivity contribution is 0.0992. The first kappa shape index (κ1) is 16.9. The molecule has 1 aliphatic rings. The summed E-state index contributed by atoms with van der Waals surface area (Å²) < 4.78 is 14.3. The maximum absolute atomic E-state index is 14.3. The number of halogens is 1. The highest BCUT2D eigenvalue weighted by molar-refractivity contribution is 5.94. The molecule has 1 fully saturated rings. The van der Waals surface area contributed by atoms with Crippen molar-refractivity contribution < 1.29 is 14.0 Å². The Labute approximate surface area is 145 Å². The molecule has 1 aromatic carbocycles. The fraction of sp³-hybridized carbons (Fsp3) is 0.278. The number of hydrogen-bond acceptors (Lipinski definition) is 5. The van der Waals surface area contributed by atoms with Gasteiger partial charge >= 0.3 is 0 Å². The van der Waals surface area contributed by atoms with E-state index in [-0.39, 0.29) is 17.3 Å². The van der Waals surface area contributed by atoms with E-state index in [1.165, 1.54) is 13.0 Å². The molecule has 7 heteroatoms. The lowest BCUT2D eigenvalue weighted by atomic mass is 10.1. The largest absolute Gasteiger partial charge is 0.368 e. The van der Waals surface area contributed by atoms with Gasteiger partial charge in [0, 0.05) is 43.6 Å². The van der Waals surface area contributed by atoms with Crippen LogP contribution < -0.4 is 15.5 Å². The van der Waals surface area contributed by atoms with Gasteiger partial charge < -0.3 is 15.5 Å². The molecule has 25 heavy (non-hydrogen) atoms. The van der Waals surface area contributed by atoms with Crippen molar-refractivity contribution in [1.82, 2.24) is 4.98 Å². The number of carbonyl (C=O) groups excluding carboxylic acids is 2. The van der Waals surface area contributed by atoms with Gasteiger partial charge in [-0.2, -0.15) is 0 Å². The van der Waals surface area contributed by atoms with Crippen LogP contribution in [0.25, 0.3) is 0 Å². The van der Waals surface area contributed by atoms with Crippen molar-refractivity contribution in [2.24, 2.45) is 5.73 Å². The molecule has 0 saturated carbocycles. The standard InChI is InChI=1S/C18H19FN4O2/c1-12(24)13-2-3-17(15(19)10-13)23-8-6-22(7-9-23)14-4-5-21-16(11-14)18(20)25/h2-5,10-11H,6-9H2,1H3,(H2,20,25). The Morgan fingerprint density at radius 2 is 1.76 bits per heavy atom. The predicted octanol–water partition coefficient (Wildman–Crippen LogP) is 1.85. The van der Waals surface area contributed by atoms with Crippen molar-refractivity contribution in [2.75, 3.05) is 36.0 Å². The molecule has 0 atom stereocenters. The lowest BCUT2D eigenvalue weighted by Gasteiger charge is -2.37. The fourth-order valence-electron chi connectivity index (χ4n) is 2.94. The average molecular weight is 342 g/mol. The normalized spacial score (nSPS) is 14.5. The molecule has 1 aliphatic heterocycles. The highest BCUT2D eigenvalue weighted by atomic mass is 19.1. The summed E-state index contributed by atoms with van der Waals surface area (Å²) in [6, 6.07) is 8.07. The van der Waals surface area contributed by atoms with E-state index >= 15 is 0 Å². The van der Waals surface area contributed by atoms with Crippen LogP contribution in [0.4, 0.5) is 15.8 Å². The molecular formula is C18H19FN4O2. The third kappa shape index (κ3) is 3.60. The molecule has 1 amide bonds. The van der Waals surface area contributed by atoms with E-state index in [0.29, 0.717) is 37.4 Å². The van der Waals surface area contributed by atoms with Crippen LogP contribution in [0, 0.1) is 5.82 Å². The lowest BCUT2D eigenvalue weighted by Crippen LogP contribution is -2.47. The highest BCUT2D eigenvalue weighted by Gasteiger charge is 2.21. The van der Waals surface area contributed by atoms with Crippen LogP contribution in [0.2, 0.25) is 0 Å². The van der Waals surface area contributed by atoms with Crippen LogP contribution in [-0.2, 0) is 0 Å². The quantitative estimate of drug-likeness (QED) is 0.858. The molecule has 3 rings (SSSR count). The van der Waals surface area contributed by atoms with Crippen LogP contribution in [0.5, 0.6) is 0 Å². The van der Waals surface area contributed by atoms with Crippen molar-refractivity contribution in [3.8, 4) is 0 Å². The second kappa shape index (κ2) is 6.88. The Balaban J connectivity index is 1.71. The molecule has 1 aromatic heterocycles. The monoisotopic (exact) mass is 342 g/mol. The van der Waals surface area contributed by atoms with E-state index in [9.17, 15) is 14.0 Å². The van der Waals surface area contributed by atoms with E-state index in [0.717, 1.165) is 5.69 Å². The van der Waals surface area contributed by atoms with Gasteiger partial charge in [0.25, 0.3) is 5.91 Å². The maximum Gasteiger partial charge on any atom is 0.267 e. The van der Waals surface area contributed by atoms with Crippen LogP contribution in [0.3, 0.4) is 0 Å². The van der Waals surface area contributed by atoms with Crippen molar-refractivity contribution in [3.63, 3.8) is 0 Å². The van der Waals surface area contributed by atoms with Gasteiger partial charge in [-0.05, 0) is 37.3 Å². The van der Waals surface area contributed by atoms with E-state index in [1.54, 1.807) is 24.4 Å². The van der Waals surface area contributed by atoms with Crippen molar-refractivity contribution >= 4 is 23.1 Å². The van der Waals surface area contributed by atoms with E-state index < -0.39 is 5.91 Å². The Hall–Kier alpha value is -2.96. The number of aromatic nitrogens is 1. The Bertz CT molecular complexity index is 816. The van der Waals surface area contributed by atoms with Crippen molar-refractivity contribution in [3.05, 3.63) is 53.6 Å². The second-order valence-corrected chi connectivity index (χ2v) is 5.96. The minimum absolute atomic E-state index is 0.154. The summed E-state index contributed by atoms with van der Waals surface area (Å²) in [6.45, 7) is 4.03. The van der Waals surface area contributed by atoms with E-state index in [2.05, 4.69) is 9.88 Å². The number of carbonyl (C=O) groups is 2. The number of Topliss-reactive ketones (excluding diaryl/α,β-unsaturated/α-hetero) is 1. The molecule has 130 valence electrons. The minimum Gasteiger partial charge on any atom is -0.368 e. The number of rotatable bonds is 4. The summed E-state index contributed by atoms with van der Waals surface area (Å²) in [5.41, 5.74) is 7.23. The Morgan fingerprint density at radius 3 is 2.36 bits per heavy atom. The van der Waals surface area contributed by atoms with Gasteiger partial charge in [-0.25, -0.2) is 4.39 Å². The molecular weight excluding hydrogens is 323 g/mol. The second-order valence-electron chi connectivity index (χ2n) is 5.96. The third-order valence-electron chi connectivity index (χ3n) is 4.34. The van der Waals surface area contributed by atoms with E-state index in [4.69, 9.17) is 5.73 Å². The molecule has 0 spiro atoms.